The van der Waals surface area contributed by atoms with Gasteiger partial charge in [0.2, 0.25) is 0 Å². The van der Waals surface area contributed by atoms with Crippen molar-refractivity contribution < 1.29 is 14.9 Å². The zero-order valence-corrected chi connectivity index (χ0v) is 18.4. The minimum Gasteiger partial charge on any atom is -0.478 e. The molecule has 7 nitrogen and oxygen atoms in total. The molecule has 32 heavy (non-hydrogen) atoms. The van der Waals surface area contributed by atoms with Crippen LogP contribution in [-0.2, 0) is 25.1 Å². The second-order valence-electron chi connectivity index (χ2n) is 9.17. The van der Waals surface area contributed by atoms with Crippen molar-refractivity contribution in [3.8, 4) is 17.1 Å². The van der Waals surface area contributed by atoms with E-state index in [4.69, 9.17) is 9.72 Å². The fourth-order valence-electron chi connectivity index (χ4n) is 5.57. The Hall–Kier alpha value is -2.74. The van der Waals surface area contributed by atoms with Crippen LogP contribution in [0.2, 0.25) is 0 Å². The van der Waals surface area contributed by atoms with Crippen molar-refractivity contribution in [1.29, 1.82) is 0 Å². The highest BCUT2D eigenvalue weighted by Crippen LogP contribution is 2.41. The molecule has 3 aliphatic rings. The zero-order chi connectivity index (χ0) is 22.2. The van der Waals surface area contributed by atoms with Crippen molar-refractivity contribution in [1.82, 2.24) is 14.5 Å². The summed E-state index contributed by atoms with van der Waals surface area (Å²) in [5.74, 6) is 0.897. The van der Waals surface area contributed by atoms with Gasteiger partial charge in [0.15, 0.2) is 0 Å². The number of hydrogen-bond acceptors (Lipinski definition) is 6. The molecule has 0 saturated heterocycles. The molecule has 1 aliphatic carbocycles. The van der Waals surface area contributed by atoms with Gasteiger partial charge in [0.1, 0.15) is 18.1 Å². The lowest BCUT2D eigenvalue weighted by Crippen LogP contribution is -2.45. The third-order valence-corrected chi connectivity index (χ3v) is 7.57. The van der Waals surface area contributed by atoms with E-state index in [1.165, 1.54) is 0 Å². The van der Waals surface area contributed by atoms with Gasteiger partial charge in [-0.05, 0) is 55.6 Å². The minimum absolute atomic E-state index is 0.0825. The Morgan fingerprint density at radius 1 is 1.22 bits per heavy atom. The molecule has 2 aliphatic heterocycles. The second kappa shape index (κ2) is 6.88. The molecule has 6 rings (SSSR count). The molecule has 0 amide bonds. The van der Waals surface area contributed by atoms with Crippen molar-refractivity contribution in [3.05, 3.63) is 56.9 Å². The van der Waals surface area contributed by atoms with Crippen LogP contribution in [0.1, 0.15) is 48.9 Å². The van der Waals surface area contributed by atoms with Crippen LogP contribution in [0.25, 0.3) is 22.3 Å². The van der Waals surface area contributed by atoms with Gasteiger partial charge in [-0.1, -0.05) is 13.8 Å². The summed E-state index contributed by atoms with van der Waals surface area (Å²) in [6.07, 6.45) is 0.339. The highest BCUT2D eigenvalue weighted by Gasteiger charge is 2.43. The monoisotopic (exact) mass is 433 g/mol. The molecule has 3 aromatic rings. The fourth-order valence-corrected chi connectivity index (χ4v) is 5.57. The highest BCUT2D eigenvalue weighted by atomic mass is 16.5. The van der Waals surface area contributed by atoms with Crippen LogP contribution >= 0.6 is 0 Å². The summed E-state index contributed by atoms with van der Waals surface area (Å²) in [7, 11) is 0. The molecular weight excluding hydrogens is 406 g/mol. The molecule has 1 aromatic carbocycles. The molecule has 0 fully saturated rings. The number of ether oxygens (including phenoxy) is 1. The van der Waals surface area contributed by atoms with E-state index >= 15 is 0 Å². The van der Waals surface area contributed by atoms with E-state index in [0.717, 1.165) is 52.3 Å². The average molecular weight is 434 g/mol. The smallest absolute Gasteiger partial charge is 0.254 e. The molecule has 0 saturated carbocycles. The Morgan fingerprint density at radius 3 is 2.84 bits per heavy atom. The number of hydrogen-bond donors (Lipinski definition) is 2. The van der Waals surface area contributed by atoms with E-state index < -0.39 is 11.7 Å². The third kappa shape index (κ3) is 2.59. The molecule has 2 aromatic heterocycles. The lowest BCUT2D eigenvalue weighted by Gasteiger charge is -2.38. The highest BCUT2D eigenvalue weighted by molar-refractivity contribution is 5.88. The summed E-state index contributed by atoms with van der Waals surface area (Å²) in [4.78, 5) is 20.6. The van der Waals surface area contributed by atoms with E-state index in [1.807, 2.05) is 25.1 Å². The molecular formula is C25H27N3O4. The minimum atomic E-state index is -1.40. The quantitative estimate of drug-likeness (QED) is 0.505. The van der Waals surface area contributed by atoms with Crippen molar-refractivity contribution in [2.45, 2.75) is 57.9 Å². The third-order valence-electron chi connectivity index (χ3n) is 7.57. The van der Waals surface area contributed by atoms with Crippen LogP contribution in [-0.4, -0.2) is 44.0 Å². The molecule has 0 spiro atoms. The van der Waals surface area contributed by atoms with E-state index in [1.54, 1.807) is 4.57 Å². The molecule has 2 atom stereocenters. The summed E-state index contributed by atoms with van der Waals surface area (Å²) < 4.78 is 7.71. The Kier molecular flexibility index (Phi) is 4.28. The SMILES string of the molecule is CCN1COc2ccc3nc4c(cc3c2C1)Cn1c-4cc2c(c1=O)CCC(O)[C@]2(O)CC. The van der Waals surface area contributed by atoms with Crippen LogP contribution in [0, 0.1) is 0 Å². The van der Waals surface area contributed by atoms with Gasteiger partial charge in [-0.3, -0.25) is 9.69 Å². The number of aliphatic hydroxyl groups is 2. The maximum absolute atomic E-state index is 13.4. The van der Waals surface area contributed by atoms with Gasteiger partial charge in [-0.15, -0.1) is 0 Å². The molecule has 7 heteroatoms. The largest absolute Gasteiger partial charge is 0.478 e. The maximum Gasteiger partial charge on any atom is 0.254 e. The summed E-state index contributed by atoms with van der Waals surface area (Å²) >= 11 is 0. The topological polar surface area (TPSA) is 87.8 Å². The lowest BCUT2D eigenvalue weighted by molar-refractivity contribution is -0.0929. The predicted octanol–water partition coefficient (Wildman–Crippen LogP) is 2.50. The molecule has 4 heterocycles. The van der Waals surface area contributed by atoms with Gasteiger partial charge < -0.3 is 19.5 Å². The van der Waals surface area contributed by atoms with Gasteiger partial charge in [0.05, 0.1) is 29.6 Å². The van der Waals surface area contributed by atoms with Gasteiger partial charge in [-0.25, -0.2) is 4.98 Å². The molecule has 0 radical (unpaired) electrons. The first kappa shape index (κ1) is 19.9. The van der Waals surface area contributed by atoms with Crippen LogP contribution in [0.15, 0.2) is 29.1 Å². The van der Waals surface area contributed by atoms with E-state index in [-0.39, 0.29) is 5.56 Å². The molecule has 0 bridgehead atoms. The molecule has 166 valence electrons. The van der Waals surface area contributed by atoms with Gasteiger partial charge in [-0.2, -0.15) is 0 Å². The normalized spacial score (nSPS) is 23.9. The first-order chi connectivity index (χ1) is 15.4. The standard InChI is InChI=1S/C25H27N3O4/c1-3-25(31)18-10-20-23-14(11-28(20)24(30)15(18)5-8-22(25)29)9-16-17-12-27(4-2)13-32-21(17)7-6-19(16)26-23/h6-7,9-10,22,29,31H,3-5,8,11-13H2,1-2H3/t22?,25-/m0/s1. The van der Waals surface area contributed by atoms with E-state index in [9.17, 15) is 15.0 Å². The summed E-state index contributed by atoms with van der Waals surface area (Å²) in [5.41, 5.74) is 4.19. The number of rotatable bonds is 2. The van der Waals surface area contributed by atoms with Crippen molar-refractivity contribution in [3.63, 3.8) is 0 Å². The second-order valence-corrected chi connectivity index (χ2v) is 9.17. The number of aliphatic hydroxyl groups excluding tert-OH is 1. The van der Waals surface area contributed by atoms with Crippen LogP contribution in [0.5, 0.6) is 5.75 Å². The summed E-state index contributed by atoms with van der Waals surface area (Å²) in [5, 5.41) is 22.8. The number of benzene rings is 1. The number of fused-ring (bicyclic) bond motifs is 7. The van der Waals surface area contributed by atoms with E-state index in [0.29, 0.717) is 43.7 Å². The van der Waals surface area contributed by atoms with Crippen LogP contribution < -0.4 is 10.3 Å². The van der Waals surface area contributed by atoms with Crippen molar-refractivity contribution in [2.75, 3.05) is 13.3 Å². The number of nitrogens with zero attached hydrogens (tertiary/aromatic N) is 3. The summed E-state index contributed by atoms with van der Waals surface area (Å²) in [6.45, 7) is 6.74. The number of pyridine rings is 2. The Labute approximate surface area is 185 Å². The number of aromatic nitrogens is 2. The van der Waals surface area contributed by atoms with Gasteiger partial charge in [0.25, 0.3) is 5.56 Å². The van der Waals surface area contributed by atoms with Crippen LogP contribution in [0.4, 0.5) is 0 Å². The fraction of sp³-hybridized carbons (Fsp3) is 0.440. The maximum atomic E-state index is 13.4. The van der Waals surface area contributed by atoms with Crippen molar-refractivity contribution >= 4 is 10.9 Å². The van der Waals surface area contributed by atoms with Gasteiger partial charge in [0, 0.05) is 28.6 Å². The average Bonchev–Trinajstić information content (AvgIpc) is 3.18. The van der Waals surface area contributed by atoms with Gasteiger partial charge >= 0.3 is 0 Å². The summed E-state index contributed by atoms with van der Waals surface area (Å²) in [6, 6.07) is 7.98. The predicted molar refractivity (Wildman–Crippen MR) is 121 cm³/mol. The lowest BCUT2D eigenvalue weighted by atomic mass is 9.75. The Bertz CT molecular complexity index is 1330. The molecule has 2 N–H and O–H groups in total. The molecule has 1 unspecified atom stereocenters. The van der Waals surface area contributed by atoms with Crippen molar-refractivity contribution in [2.24, 2.45) is 0 Å². The first-order valence-corrected chi connectivity index (χ1v) is 11.4. The van der Waals surface area contributed by atoms with E-state index in [2.05, 4.69) is 17.9 Å². The zero-order valence-electron chi connectivity index (χ0n) is 18.4. The Morgan fingerprint density at radius 2 is 2.06 bits per heavy atom. The Balaban J connectivity index is 1.55. The first-order valence-electron chi connectivity index (χ1n) is 11.4. The van der Waals surface area contributed by atoms with Crippen LogP contribution in [0.3, 0.4) is 0 Å².